The van der Waals surface area contributed by atoms with Crippen LogP contribution in [0.25, 0.3) is 0 Å². The van der Waals surface area contributed by atoms with Gasteiger partial charge in [0.1, 0.15) is 5.60 Å². The van der Waals surface area contributed by atoms with Gasteiger partial charge in [0.25, 0.3) is 0 Å². The molecule has 2 N–H and O–H groups in total. The number of ether oxygens (including phenoxy) is 1. The molecule has 0 aromatic heterocycles. The van der Waals surface area contributed by atoms with Gasteiger partial charge in [0.05, 0.1) is 12.8 Å². The summed E-state index contributed by atoms with van der Waals surface area (Å²) in [6, 6.07) is -1.39. The van der Waals surface area contributed by atoms with Crippen LogP contribution in [0.5, 0.6) is 0 Å². The molecule has 22 heavy (non-hydrogen) atoms. The maximum absolute atomic E-state index is 12.1. The summed E-state index contributed by atoms with van der Waals surface area (Å²) < 4.78 is 5.26. The molecule has 1 aliphatic heterocycles. The molecule has 1 heterocycles. The molecule has 0 aromatic rings. The minimum Gasteiger partial charge on any atom is -0.480 e. The van der Waals surface area contributed by atoms with Gasteiger partial charge >= 0.3 is 12.1 Å². The molecule has 0 bridgehead atoms. The van der Waals surface area contributed by atoms with E-state index in [4.69, 9.17) is 4.74 Å². The largest absolute Gasteiger partial charge is 0.480 e. The summed E-state index contributed by atoms with van der Waals surface area (Å²) in [5, 5.41) is 18.9. The summed E-state index contributed by atoms with van der Waals surface area (Å²) in [4.78, 5) is 37.8. The zero-order valence-corrected chi connectivity index (χ0v) is 13.4. The second-order valence-corrected chi connectivity index (χ2v) is 6.38. The number of nitrogens with zero attached hydrogens (tertiary/aromatic N) is 2. The van der Waals surface area contributed by atoms with Crippen LogP contribution in [0.1, 0.15) is 40.5 Å². The molecule has 8 nitrogen and oxygen atoms in total. The number of carbonyl (C=O) groups is 3. The third-order valence-electron chi connectivity index (χ3n) is 3.16. The fraction of sp³-hybridized carbons (Fsp3) is 0.786. The Bertz CT molecular complexity index is 443. The maximum Gasteiger partial charge on any atom is 0.411 e. The van der Waals surface area contributed by atoms with Gasteiger partial charge in [-0.3, -0.25) is 9.69 Å². The van der Waals surface area contributed by atoms with Crippen LogP contribution in [-0.4, -0.2) is 68.9 Å². The standard InChI is InChI=1S/C14H24N2O6/c1-9(17)11(12(19)20)16-8-15(7-5-6-10(16)18)13(21)22-14(2,3)4/h9,11,17H,5-8H2,1-4H3,(H,19,20). The number of carbonyl (C=O) groups excluding carboxylic acids is 2. The first kappa shape index (κ1) is 18.2. The van der Waals surface area contributed by atoms with E-state index < -0.39 is 35.7 Å². The molecule has 126 valence electrons. The molecular formula is C14H24N2O6. The molecule has 2 amide bonds. The first-order chi connectivity index (χ1) is 10.0. The molecule has 2 atom stereocenters. The topological polar surface area (TPSA) is 107 Å². The monoisotopic (exact) mass is 316 g/mol. The summed E-state index contributed by atoms with van der Waals surface area (Å²) in [7, 11) is 0. The van der Waals surface area contributed by atoms with Gasteiger partial charge in [0.2, 0.25) is 5.91 Å². The van der Waals surface area contributed by atoms with Crippen molar-refractivity contribution in [3.05, 3.63) is 0 Å². The van der Waals surface area contributed by atoms with Gasteiger partial charge in [-0.1, -0.05) is 0 Å². The van der Waals surface area contributed by atoms with E-state index in [1.807, 2.05) is 0 Å². The average molecular weight is 316 g/mol. The Morgan fingerprint density at radius 1 is 1.32 bits per heavy atom. The quantitative estimate of drug-likeness (QED) is 0.791. The molecular weight excluding hydrogens is 292 g/mol. The Balaban J connectivity index is 2.95. The third-order valence-corrected chi connectivity index (χ3v) is 3.16. The average Bonchev–Trinajstić information content (AvgIpc) is 2.49. The van der Waals surface area contributed by atoms with Crippen molar-refractivity contribution in [3.63, 3.8) is 0 Å². The first-order valence-corrected chi connectivity index (χ1v) is 7.21. The number of amides is 2. The van der Waals surface area contributed by atoms with E-state index in [1.54, 1.807) is 20.8 Å². The molecule has 1 fully saturated rings. The first-order valence-electron chi connectivity index (χ1n) is 7.21. The van der Waals surface area contributed by atoms with E-state index in [0.717, 1.165) is 4.90 Å². The molecule has 8 heteroatoms. The number of aliphatic hydroxyl groups excluding tert-OH is 1. The second kappa shape index (κ2) is 6.95. The molecule has 0 aliphatic carbocycles. The molecule has 1 aliphatic rings. The lowest BCUT2D eigenvalue weighted by molar-refractivity contribution is -0.156. The highest BCUT2D eigenvalue weighted by molar-refractivity contribution is 5.84. The maximum atomic E-state index is 12.1. The van der Waals surface area contributed by atoms with Gasteiger partial charge in [-0.15, -0.1) is 0 Å². The Hall–Kier alpha value is -1.83. The second-order valence-electron chi connectivity index (χ2n) is 6.38. The van der Waals surface area contributed by atoms with Crippen molar-refractivity contribution >= 4 is 18.0 Å². The van der Waals surface area contributed by atoms with Crippen molar-refractivity contribution in [1.82, 2.24) is 9.80 Å². The SMILES string of the molecule is CC(O)C(C(=O)O)N1CN(C(=O)OC(C)(C)C)CCCC1=O. The summed E-state index contributed by atoms with van der Waals surface area (Å²) in [5.74, 6) is -1.71. The van der Waals surface area contributed by atoms with Crippen molar-refractivity contribution in [1.29, 1.82) is 0 Å². The van der Waals surface area contributed by atoms with E-state index in [-0.39, 0.29) is 13.1 Å². The van der Waals surface area contributed by atoms with Crippen molar-refractivity contribution in [3.8, 4) is 0 Å². The number of carboxylic acid groups (broad SMARTS) is 1. The van der Waals surface area contributed by atoms with Crippen molar-refractivity contribution < 1.29 is 29.3 Å². The molecule has 0 saturated carbocycles. The summed E-state index contributed by atoms with van der Waals surface area (Å²) in [6.45, 7) is 6.55. The van der Waals surface area contributed by atoms with E-state index in [0.29, 0.717) is 13.0 Å². The Kier molecular flexibility index (Phi) is 5.76. The van der Waals surface area contributed by atoms with Gasteiger partial charge < -0.3 is 19.8 Å². The highest BCUT2D eigenvalue weighted by Crippen LogP contribution is 2.17. The third kappa shape index (κ3) is 4.87. The Labute approximate surface area is 129 Å². The lowest BCUT2D eigenvalue weighted by atomic mass is 10.1. The lowest BCUT2D eigenvalue weighted by Gasteiger charge is -2.33. The number of hydrogen-bond donors (Lipinski definition) is 2. The fourth-order valence-corrected chi connectivity index (χ4v) is 2.22. The van der Waals surface area contributed by atoms with E-state index >= 15 is 0 Å². The predicted octanol–water partition coefficient (Wildman–Crippen LogP) is 0.637. The van der Waals surface area contributed by atoms with E-state index in [9.17, 15) is 24.6 Å². The van der Waals surface area contributed by atoms with Gasteiger partial charge in [0, 0.05) is 13.0 Å². The molecule has 2 unspecified atom stereocenters. The molecule has 0 spiro atoms. The zero-order valence-electron chi connectivity index (χ0n) is 13.4. The van der Waals surface area contributed by atoms with E-state index in [1.165, 1.54) is 11.8 Å². The lowest BCUT2D eigenvalue weighted by Crippen LogP contribution is -2.54. The van der Waals surface area contributed by atoms with Gasteiger partial charge in [0.15, 0.2) is 6.04 Å². The highest BCUT2D eigenvalue weighted by atomic mass is 16.6. The fourth-order valence-electron chi connectivity index (χ4n) is 2.22. The van der Waals surface area contributed by atoms with Crippen LogP contribution in [0.3, 0.4) is 0 Å². The smallest absolute Gasteiger partial charge is 0.411 e. The van der Waals surface area contributed by atoms with E-state index in [2.05, 4.69) is 0 Å². The molecule has 0 aromatic carbocycles. The minimum atomic E-state index is -1.39. The number of hydrogen-bond acceptors (Lipinski definition) is 5. The zero-order chi connectivity index (χ0) is 17.1. The van der Waals surface area contributed by atoms with Crippen LogP contribution in [0.4, 0.5) is 4.79 Å². The summed E-state index contributed by atoms with van der Waals surface area (Å²) >= 11 is 0. The number of rotatable bonds is 3. The van der Waals surface area contributed by atoms with Crippen molar-refractivity contribution in [2.24, 2.45) is 0 Å². The van der Waals surface area contributed by atoms with Gasteiger partial charge in [-0.25, -0.2) is 9.59 Å². The summed E-state index contributed by atoms with van der Waals surface area (Å²) in [5.41, 5.74) is -0.686. The van der Waals surface area contributed by atoms with Crippen molar-refractivity contribution in [2.75, 3.05) is 13.2 Å². The van der Waals surface area contributed by atoms with Crippen LogP contribution < -0.4 is 0 Å². The minimum absolute atomic E-state index is 0.121. The molecule has 1 saturated heterocycles. The molecule has 0 radical (unpaired) electrons. The number of aliphatic carboxylic acids is 1. The van der Waals surface area contributed by atoms with Crippen LogP contribution in [-0.2, 0) is 14.3 Å². The predicted molar refractivity (Wildman–Crippen MR) is 77.0 cm³/mol. The van der Waals surface area contributed by atoms with Gasteiger partial charge in [-0.2, -0.15) is 0 Å². The van der Waals surface area contributed by atoms with Crippen LogP contribution >= 0.6 is 0 Å². The summed E-state index contributed by atoms with van der Waals surface area (Å²) in [6.07, 6.45) is -1.32. The van der Waals surface area contributed by atoms with Crippen LogP contribution in [0, 0.1) is 0 Å². The Morgan fingerprint density at radius 3 is 2.36 bits per heavy atom. The van der Waals surface area contributed by atoms with Gasteiger partial charge in [-0.05, 0) is 34.1 Å². The van der Waals surface area contributed by atoms with Crippen LogP contribution in [0.15, 0.2) is 0 Å². The number of carboxylic acids is 1. The van der Waals surface area contributed by atoms with Crippen LogP contribution in [0.2, 0.25) is 0 Å². The normalized spacial score (nSPS) is 19.4. The Morgan fingerprint density at radius 2 is 1.91 bits per heavy atom. The van der Waals surface area contributed by atoms with Crippen molar-refractivity contribution in [2.45, 2.75) is 58.3 Å². The molecule has 1 rings (SSSR count). The highest BCUT2D eigenvalue weighted by Gasteiger charge is 2.37. The number of aliphatic hydroxyl groups is 1.